The van der Waals surface area contributed by atoms with Gasteiger partial charge in [0.15, 0.2) is 0 Å². The van der Waals surface area contributed by atoms with Crippen molar-refractivity contribution in [3.8, 4) is 0 Å². The minimum atomic E-state index is -0.235. The maximum atomic E-state index is 13.1. The first-order valence-electron chi connectivity index (χ1n) is 9.36. The molecule has 28 heavy (non-hydrogen) atoms. The molecule has 1 saturated carbocycles. The van der Waals surface area contributed by atoms with Gasteiger partial charge in [-0.1, -0.05) is 0 Å². The molecular weight excluding hydrogens is 380 g/mol. The molecule has 0 radical (unpaired) electrons. The fourth-order valence-electron chi connectivity index (χ4n) is 3.58. The Hall–Kier alpha value is -2.46. The summed E-state index contributed by atoms with van der Waals surface area (Å²) in [7, 11) is 1.61. The highest BCUT2D eigenvalue weighted by Crippen LogP contribution is 2.34. The second-order valence-corrected chi connectivity index (χ2v) is 8.13. The minimum Gasteiger partial charge on any atom is -0.390 e. The number of aryl methyl sites for hydroxylation is 1. The summed E-state index contributed by atoms with van der Waals surface area (Å²) in [4.78, 5) is 38.4. The molecule has 3 heterocycles. The van der Waals surface area contributed by atoms with Gasteiger partial charge in [0.1, 0.15) is 4.83 Å². The van der Waals surface area contributed by atoms with Gasteiger partial charge in [-0.2, -0.15) is 0 Å². The highest BCUT2D eigenvalue weighted by Gasteiger charge is 2.30. The summed E-state index contributed by atoms with van der Waals surface area (Å²) in [6.07, 6.45) is 3.00. The van der Waals surface area contributed by atoms with Gasteiger partial charge in [-0.25, -0.2) is 14.8 Å². The number of aliphatic imine (C=N–C) groups is 2. The molecule has 2 aliphatic rings. The van der Waals surface area contributed by atoms with Crippen LogP contribution in [-0.2, 0) is 17.8 Å². The zero-order valence-electron chi connectivity index (χ0n) is 16.1. The quantitative estimate of drug-likeness (QED) is 0.563. The molecule has 2 aromatic heterocycles. The van der Waals surface area contributed by atoms with E-state index >= 15 is 0 Å². The van der Waals surface area contributed by atoms with Crippen LogP contribution >= 0.6 is 11.3 Å². The van der Waals surface area contributed by atoms with Crippen molar-refractivity contribution in [2.45, 2.75) is 38.9 Å². The van der Waals surface area contributed by atoms with Crippen LogP contribution in [0.15, 0.2) is 19.6 Å². The van der Waals surface area contributed by atoms with E-state index in [0.29, 0.717) is 37.6 Å². The number of guanidine groups is 1. The number of fused-ring (bicyclic) bond motifs is 1. The predicted molar refractivity (Wildman–Crippen MR) is 111 cm³/mol. The molecule has 0 atom stereocenters. The van der Waals surface area contributed by atoms with Crippen LogP contribution in [0.5, 0.6) is 0 Å². The van der Waals surface area contributed by atoms with Crippen molar-refractivity contribution < 1.29 is 4.74 Å². The SMILES string of the molecule is COCCn1c(=O)n(C2CC2)c(=O)c2c(C)c(CN3CCN=C3N=CN)sc21. The van der Waals surface area contributed by atoms with Crippen molar-refractivity contribution >= 4 is 33.9 Å². The Balaban J connectivity index is 1.83. The van der Waals surface area contributed by atoms with Gasteiger partial charge >= 0.3 is 5.69 Å². The maximum absolute atomic E-state index is 13.1. The third-order valence-electron chi connectivity index (χ3n) is 5.20. The van der Waals surface area contributed by atoms with Gasteiger partial charge in [-0.3, -0.25) is 13.9 Å². The molecule has 9 nitrogen and oxygen atoms in total. The molecule has 1 aliphatic heterocycles. The van der Waals surface area contributed by atoms with Gasteiger partial charge in [-0.05, 0) is 25.3 Å². The Labute approximate surface area is 165 Å². The van der Waals surface area contributed by atoms with E-state index in [1.54, 1.807) is 11.7 Å². The average molecular weight is 404 g/mol. The molecule has 10 heteroatoms. The fourth-order valence-corrected chi connectivity index (χ4v) is 4.91. The lowest BCUT2D eigenvalue weighted by Gasteiger charge is -2.16. The van der Waals surface area contributed by atoms with E-state index in [4.69, 9.17) is 10.5 Å². The standard InChI is InChI=1S/C18H24N6O3S/c1-11-13(9-22-6-5-20-17(22)21-10-19)28-16-14(11)15(25)24(12-3-4-12)18(26)23(16)7-8-27-2/h10,12H,3-9H2,1-2H3,(H2,19,20,21). The first-order valence-corrected chi connectivity index (χ1v) is 10.2. The maximum Gasteiger partial charge on any atom is 0.332 e. The number of rotatable bonds is 6. The number of nitrogens with two attached hydrogens (primary N) is 1. The van der Waals surface area contributed by atoms with Crippen molar-refractivity contribution in [2.75, 3.05) is 26.8 Å². The first kappa shape index (κ1) is 18.9. The summed E-state index contributed by atoms with van der Waals surface area (Å²) >= 11 is 1.49. The normalized spacial score (nSPS) is 17.2. The van der Waals surface area contributed by atoms with Crippen molar-refractivity contribution in [3.05, 3.63) is 31.3 Å². The van der Waals surface area contributed by atoms with Gasteiger partial charge in [0.25, 0.3) is 5.56 Å². The van der Waals surface area contributed by atoms with Crippen LogP contribution in [0.1, 0.15) is 29.3 Å². The summed E-state index contributed by atoms with van der Waals surface area (Å²) in [6, 6.07) is 0.0251. The molecule has 0 bridgehead atoms. The molecular formula is C18H24N6O3S. The van der Waals surface area contributed by atoms with E-state index in [2.05, 4.69) is 9.98 Å². The average Bonchev–Trinajstić information content (AvgIpc) is 3.32. The first-order chi connectivity index (χ1) is 13.6. The van der Waals surface area contributed by atoms with Crippen molar-refractivity contribution in [2.24, 2.45) is 15.7 Å². The van der Waals surface area contributed by atoms with Crippen LogP contribution in [0, 0.1) is 6.92 Å². The molecule has 2 N–H and O–H groups in total. The monoisotopic (exact) mass is 404 g/mol. The van der Waals surface area contributed by atoms with Gasteiger partial charge < -0.3 is 15.4 Å². The molecule has 1 fully saturated rings. The molecule has 0 saturated heterocycles. The Kier molecular flexibility index (Phi) is 5.07. The Bertz CT molecular complexity index is 1080. The molecule has 0 aromatic carbocycles. The van der Waals surface area contributed by atoms with Crippen molar-refractivity contribution in [3.63, 3.8) is 0 Å². The van der Waals surface area contributed by atoms with E-state index in [1.807, 2.05) is 11.8 Å². The third kappa shape index (κ3) is 3.16. The molecule has 150 valence electrons. The van der Waals surface area contributed by atoms with E-state index in [0.717, 1.165) is 34.7 Å². The third-order valence-corrected chi connectivity index (χ3v) is 6.50. The van der Waals surface area contributed by atoms with Crippen molar-refractivity contribution in [1.82, 2.24) is 14.0 Å². The Morgan fingerprint density at radius 2 is 2.18 bits per heavy atom. The molecule has 0 amide bonds. The molecule has 4 rings (SSSR count). The predicted octanol–water partition coefficient (Wildman–Crippen LogP) is 0.673. The molecule has 1 aliphatic carbocycles. The van der Waals surface area contributed by atoms with Gasteiger partial charge in [0.2, 0.25) is 5.96 Å². The lowest BCUT2D eigenvalue weighted by atomic mass is 10.2. The van der Waals surface area contributed by atoms with Crippen LogP contribution in [0.25, 0.3) is 10.2 Å². The summed E-state index contributed by atoms with van der Waals surface area (Å²) in [5.41, 5.74) is 5.93. The number of ether oxygens (including phenoxy) is 1. The molecule has 2 aromatic rings. The van der Waals surface area contributed by atoms with Gasteiger partial charge in [0.05, 0.1) is 38.0 Å². The van der Waals surface area contributed by atoms with E-state index in [1.165, 1.54) is 22.2 Å². The Morgan fingerprint density at radius 3 is 2.86 bits per heavy atom. The summed E-state index contributed by atoms with van der Waals surface area (Å²) in [5, 5.41) is 0.641. The zero-order valence-corrected chi connectivity index (χ0v) is 16.9. The van der Waals surface area contributed by atoms with Crippen LogP contribution in [0.2, 0.25) is 0 Å². The van der Waals surface area contributed by atoms with Crippen molar-refractivity contribution in [1.29, 1.82) is 0 Å². The van der Waals surface area contributed by atoms with Crippen LogP contribution in [-0.4, -0.2) is 53.1 Å². The van der Waals surface area contributed by atoms with Gasteiger partial charge in [0, 0.05) is 24.6 Å². The van der Waals surface area contributed by atoms with Crippen LogP contribution in [0.4, 0.5) is 0 Å². The summed E-state index contributed by atoms with van der Waals surface area (Å²) < 4.78 is 8.31. The van der Waals surface area contributed by atoms with Gasteiger partial charge in [-0.15, -0.1) is 11.3 Å². The molecule has 0 unspecified atom stereocenters. The number of aromatic nitrogens is 2. The topological polar surface area (TPSA) is 107 Å². The number of thiophene rings is 1. The highest BCUT2D eigenvalue weighted by atomic mass is 32.1. The van der Waals surface area contributed by atoms with E-state index in [9.17, 15) is 9.59 Å². The Morgan fingerprint density at radius 1 is 1.39 bits per heavy atom. The largest absolute Gasteiger partial charge is 0.390 e. The zero-order chi connectivity index (χ0) is 19.8. The number of hydrogen-bond donors (Lipinski definition) is 1. The smallest absolute Gasteiger partial charge is 0.332 e. The second-order valence-electron chi connectivity index (χ2n) is 7.05. The van der Waals surface area contributed by atoms with Crippen LogP contribution < -0.4 is 17.0 Å². The summed E-state index contributed by atoms with van der Waals surface area (Å²) in [6.45, 7) is 4.80. The second kappa shape index (κ2) is 7.51. The fraction of sp³-hybridized carbons (Fsp3) is 0.556. The van der Waals surface area contributed by atoms with E-state index in [-0.39, 0.29) is 17.3 Å². The molecule has 0 spiro atoms. The number of nitrogens with zero attached hydrogens (tertiary/aromatic N) is 5. The lowest BCUT2D eigenvalue weighted by Crippen LogP contribution is -2.39. The number of methoxy groups -OCH3 is 1. The minimum absolute atomic E-state index is 0.0251. The highest BCUT2D eigenvalue weighted by molar-refractivity contribution is 7.18. The lowest BCUT2D eigenvalue weighted by molar-refractivity contribution is 0.186. The van der Waals surface area contributed by atoms with Crippen LogP contribution in [0.3, 0.4) is 0 Å². The number of hydrogen-bond acceptors (Lipinski definition) is 7. The summed E-state index contributed by atoms with van der Waals surface area (Å²) in [5.74, 6) is 0.603. The van der Waals surface area contributed by atoms with E-state index < -0.39 is 0 Å².